The molecule has 0 spiro atoms. The molecule has 0 fully saturated rings. The number of ether oxygens (including phenoxy) is 4. The van der Waals surface area contributed by atoms with E-state index in [9.17, 15) is 19.2 Å². The number of rotatable bonds is 52. The molecule has 0 aromatic rings. The van der Waals surface area contributed by atoms with Crippen LogP contribution in [0.5, 0.6) is 0 Å². The summed E-state index contributed by atoms with van der Waals surface area (Å²) >= 11 is 0. The number of hydrogen-bond acceptors (Lipinski definition) is 11. The van der Waals surface area contributed by atoms with E-state index < -0.39 is 0 Å². The van der Waals surface area contributed by atoms with Gasteiger partial charge < -0.3 is 33.6 Å². The zero-order valence-electron chi connectivity index (χ0n) is 45.9. The Morgan fingerprint density at radius 1 is 0.300 bits per heavy atom. The smallest absolute Gasteiger partial charge is 0.307 e. The van der Waals surface area contributed by atoms with E-state index in [4.69, 9.17) is 18.9 Å². The number of unbranched alkanes of at least 4 members (excludes halogenated alkanes) is 16. The summed E-state index contributed by atoms with van der Waals surface area (Å²) in [6.45, 7) is 15.8. The summed E-state index contributed by atoms with van der Waals surface area (Å²) in [5, 5.41) is 0. The van der Waals surface area contributed by atoms with E-state index >= 15 is 0 Å². The van der Waals surface area contributed by atoms with Gasteiger partial charge in [-0.05, 0) is 149 Å². The van der Waals surface area contributed by atoms with Gasteiger partial charge in [-0.1, -0.05) is 128 Å². The summed E-state index contributed by atoms with van der Waals surface area (Å²) in [4.78, 5) is 57.5. The lowest BCUT2D eigenvalue weighted by atomic mass is 10.2. The fraction of sp³-hybridized carbons (Fsp3) is 0.797. The Kier molecular flexibility index (Phi) is 51.0. The Morgan fingerprint density at radius 2 is 0.529 bits per heavy atom. The van der Waals surface area contributed by atoms with E-state index in [1.807, 2.05) is 0 Å². The third-order valence-corrected chi connectivity index (χ3v) is 12.2. The molecule has 70 heavy (non-hydrogen) atoms. The molecule has 0 aliphatic heterocycles. The van der Waals surface area contributed by atoms with Crippen LogP contribution in [0.15, 0.2) is 48.6 Å². The SMILES string of the molecule is CCCCC/C=C\CCCOC(=O)CCN(CCCN(C)CCCN(CCC(=O)OCCC/C=C\CCCCC)CCC(=O)OCCC/C=C\CCCCC)CCC(=O)OCCC/C=C\CCCCC. The molecule has 0 aromatic carbocycles. The maximum Gasteiger partial charge on any atom is 0.307 e. The number of esters is 4. The van der Waals surface area contributed by atoms with Gasteiger partial charge in [0.1, 0.15) is 0 Å². The standard InChI is InChI=1S/C59H107N3O8/c1-6-10-14-18-22-26-30-34-52-67-56(63)40-48-61(49-41-57(64)68-53-35-31-27-23-19-15-11-7-2)46-38-44-60(5)45-39-47-62(50-42-58(65)69-54-36-32-28-24-20-16-12-8-3)51-43-59(66)70-55-37-33-29-25-21-17-13-9-4/h22-29H,6-21,30-55H2,1-5H3/b26-22-,27-23-,28-24-,29-25-. The van der Waals surface area contributed by atoms with Crippen molar-refractivity contribution in [1.29, 1.82) is 0 Å². The van der Waals surface area contributed by atoms with Crippen LogP contribution in [0.4, 0.5) is 0 Å². The van der Waals surface area contributed by atoms with Crippen molar-refractivity contribution in [2.45, 2.75) is 220 Å². The van der Waals surface area contributed by atoms with Crippen LogP contribution in [0.25, 0.3) is 0 Å². The van der Waals surface area contributed by atoms with Crippen LogP contribution in [0, 0.1) is 0 Å². The van der Waals surface area contributed by atoms with Crippen LogP contribution in [0.2, 0.25) is 0 Å². The van der Waals surface area contributed by atoms with Crippen LogP contribution in [0.1, 0.15) is 220 Å². The topological polar surface area (TPSA) is 115 Å². The molecule has 0 aliphatic carbocycles. The maximum atomic E-state index is 12.7. The number of carbonyl (C=O) groups is 4. The first-order valence-electron chi connectivity index (χ1n) is 28.6. The molecule has 0 radical (unpaired) electrons. The first-order chi connectivity index (χ1) is 34.2. The van der Waals surface area contributed by atoms with Crippen LogP contribution in [-0.4, -0.2) is 124 Å². The van der Waals surface area contributed by atoms with Crippen molar-refractivity contribution in [3.8, 4) is 0 Å². The third kappa shape index (κ3) is 49.7. The number of nitrogens with zero attached hydrogens (tertiary/aromatic N) is 3. The minimum atomic E-state index is -0.202. The number of carbonyl (C=O) groups excluding carboxylic acids is 4. The number of hydrogen-bond donors (Lipinski definition) is 0. The van der Waals surface area contributed by atoms with Crippen LogP contribution in [0.3, 0.4) is 0 Å². The van der Waals surface area contributed by atoms with Gasteiger partial charge in [-0.2, -0.15) is 0 Å². The highest BCUT2D eigenvalue weighted by atomic mass is 16.5. The van der Waals surface area contributed by atoms with Crippen LogP contribution in [-0.2, 0) is 38.1 Å². The fourth-order valence-corrected chi connectivity index (χ4v) is 7.74. The lowest BCUT2D eigenvalue weighted by Crippen LogP contribution is -2.34. The Hall–Kier alpha value is -3.28. The molecule has 0 bridgehead atoms. The van der Waals surface area contributed by atoms with E-state index in [1.54, 1.807) is 0 Å². The van der Waals surface area contributed by atoms with Gasteiger partial charge in [0.15, 0.2) is 0 Å². The van der Waals surface area contributed by atoms with Gasteiger partial charge >= 0.3 is 23.9 Å². The predicted molar refractivity (Wildman–Crippen MR) is 292 cm³/mol. The quantitative estimate of drug-likeness (QED) is 0.0251. The summed E-state index contributed by atoms with van der Waals surface area (Å²) < 4.78 is 22.3. The van der Waals surface area contributed by atoms with Crippen molar-refractivity contribution in [3.63, 3.8) is 0 Å². The first-order valence-corrected chi connectivity index (χ1v) is 28.6. The second kappa shape index (κ2) is 53.5. The molecule has 0 heterocycles. The average Bonchev–Trinajstić information content (AvgIpc) is 3.35. The second-order valence-corrected chi connectivity index (χ2v) is 19.0. The van der Waals surface area contributed by atoms with Gasteiger partial charge in [-0.15, -0.1) is 0 Å². The van der Waals surface area contributed by atoms with Gasteiger partial charge in [0, 0.05) is 26.2 Å². The molecule has 0 aliphatic rings. The van der Waals surface area contributed by atoms with E-state index in [1.165, 1.54) is 77.0 Å². The largest absolute Gasteiger partial charge is 0.466 e. The maximum absolute atomic E-state index is 12.7. The third-order valence-electron chi connectivity index (χ3n) is 12.2. The van der Waals surface area contributed by atoms with Crippen molar-refractivity contribution in [2.75, 3.05) is 85.8 Å². The van der Waals surface area contributed by atoms with E-state index in [2.05, 4.69) is 98.1 Å². The average molecular weight is 987 g/mol. The van der Waals surface area contributed by atoms with Gasteiger partial charge in [0.05, 0.1) is 52.1 Å². The minimum Gasteiger partial charge on any atom is -0.466 e. The van der Waals surface area contributed by atoms with E-state index in [0.29, 0.717) is 52.6 Å². The van der Waals surface area contributed by atoms with Crippen molar-refractivity contribution in [1.82, 2.24) is 14.7 Å². The Morgan fingerprint density at radius 3 is 0.757 bits per heavy atom. The van der Waals surface area contributed by atoms with E-state index in [0.717, 1.165) is 116 Å². The van der Waals surface area contributed by atoms with Crippen molar-refractivity contribution >= 4 is 23.9 Å². The molecule has 11 heteroatoms. The second-order valence-electron chi connectivity index (χ2n) is 19.0. The van der Waals surface area contributed by atoms with Crippen molar-refractivity contribution < 1.29 is 38.1 Å². The molecule has 0 unspecified atom stereocenters. The van der Waals surface area contributed by atoms with E-state index in [-0.39, 0.29) is 49.6 Å². The lowest BCUT2D eigenvalue weighted by Gasteiger charge is -2.25. The fourth-order valence-electron chi connectivity index (χ4n) is 7.74. The molecule has 11 nitrogen and oxygen atoms in total. The molecular formula is C59H107N3O8. The predicted octanol–water partition coefficient (Wildman–Crippen LogP) is 13.7. The molecule has 0 N–H and O–H groups in total. The van der Waals surface area contributed by atoms with Crippen LogP contribution >= 0.6 is 0 Å². The molecule has 0 aromatic heterocycles. The highest BCUT2D eigenvalue weighted by Gasteiger charge is 2.15. The summed E-state index contributed by atoms with van der Waals surface area (Å²) in [5.74, 6) is -0.806. The monoisotopic (exact) mass is 986 g/mol. The Bertz CT molecular complexity index is 1150. The molecule has 0 rings (SSSR count). The Labute approximate surface area is 430 Å². The molecule has 0 amide bonds. The van der Waals surface area contributed by atoms with Crippen molar-refractivity contribution in [2.24, 2.45) is 0 Å². The summed E-state index contributed by atoms with van der Waals surface area (Å²) in [5.41, 5.74) is 0. The summed E-state index contributed by atoms with van der Waals surface area (Å²) in [7, 11) is 2.11. The van der Waals surface area contributed by atoms with Crippen LogP contribution < -0.4 is 0 Å². The zero-order chi connectivity index (χ0) is 51.2. The molecule has 0 saturated carbocycles. The molecular weight excluding hydrogens is 879 g/mol. The lowest BCUT2D eigenvalue weighted by molar-refractivity contribution is -0.146. The normalized spacial score (nSPS) is 12.0. The molecule has 0 atom stereocenters. The number of allylic oxidation sites excluding steroid dienone is 8. The highest BCUT2D eigenvalue weighted by molar-refractivity contribution is 5.71. The van der Waals surface area contributed by atoms with Gasteiger partial charge in [-0.25, -0.2) is 0 Å². The van der Waals surface area contributed by atoms with Gasteiger partial charge in [0.25, 0.3) is 0 Å². The summed E-state index contributed by atoms with van der Waals surface area (Å²) in [6.07, 6.45) is 46.7. The van der Waals surface area contributed by atoms with Gasteiger partial charge in [0.2, 0.25) is 0 Å². The minimum absolute atomic E-state index is 0.202. The highest BCUT2D eigenvalue weighted by Crippen LogP contribution is 2.08. The molecule has 406 valence electrons. The summed E-state index contributed by atoms with van der Waals surface area (Å²) in [6, 6.07) is 0. The molecule has 0 saturated heterocycles. The Balaban J connectivity index is 5.10. The van der Waals surface area contributed by atoms with Crippen molar-refractivity contribution in [3.05, 3.63) is 48.6 Å². The van der Waals surface area contributed by atoms with Gasteiger partial charge in [-0.3, -0.25) is 19.2 Å². The first kappa shape index (κ1) is 66.7. The zero-order valence-corrected chi connectivity index (χ0v) is 45.9.